The van der Waals surface area contributed by atoms with Crippen molar-refractivity contribution >= 4 is 17.2 Å². The molecule has 0 spiro atoms. The number of hydrogen-bond donors (Lipinski definition) is 1. The van der Waals surface area contributed by atoms with Gasteiger partial charge in [-0.25, -0.2) is 4.98 Å². The molecule has 20 heavy (non-hydrogen) atoms. The Bertz CT molecular complexity index is 578. The molecule has 0 radical (unpaired) electrons. The first kappa shape index (κ1) is 13.9. The first-order valence-corrected chi connectivity index (χ1v) is 7.97. The summed E-state index contributed by atoms with van der Waals surface area (Å²) in [4.78, 5) is 4.63. The average Bonchev–Trinajstić information content (AvgIpc) is 2.71. The van der Waals surface area contributed by atoms with Gasteiger partial charge >= 0.3 is 0 Å². The van der Waals surface area contributed by atoms with Crippen molar-refractivity contribution < 1.29 is 0 Å². The van der Waals surface area contributed by atoms with Crippen LogP contribution in [0, 0.1) is 5.92 Å². The molecular formula is C16H22ClN3. The molecule has 1 aliphatic rings. The van der Waals surface area contributed by atoms with E-state index in [0.29, 0.717) is 6.04 Å². The molecule has 0 saturated heterocycles. The highest BCUT2D eigenvalue weighted by Crippen LogP contribution is 2.23. The third-order valence-corrected chi connectivity index (χ3v) is 4.60. The van der Waals surface area contributed by atoms with Crippen molar-refractivity contribution in [3.8, 4) is 0 Å². The van der Waals surface area contributed by atoms with E-state index in [0.717, 1.165) is 28.8 Å². The molecule has 0 bridgehead atoms. The van der Waals surface area contributed by atoms with Crippen LogP contribution in [0.25, 0.3) is 5.65 Å². The van der Waals surface area contributed by atoms with Gasteiger partial charge in [0.2, 0.25) is 0 Å². The van der Waals surface area contributed by atoms with Crippen LogP contribution in [0.1, 0.15) is 44.7 Å². The molecule has 1 fully saturated rings. The van der Waals surface area contributed by atoms with Crippen molar-refractivity contribution in [2.24, 2.45) is 5.92 Å². The Balaban J connectivity index is 1.66. The van der Waals surface area contributed by atoms with Crippen LogP contribution in [0.15, 0.2) is 24.5 Å². The standard InChI is InChI=1S/C16H22ClN3/c1-12-5-3-2-4-6-15(12)18-9-14-11-20-10-13(17)7-8-16(20)19-14/h7-8,10-12,15,18H,2-6,9H2,1H3. The van der Waals surface area contributed by atoms with Crippen molar-refractivity contribution in [2.75, 3.05) is 0 Å². The molecular weight excluding hydrogens is 270 g/mol. The predicted octanol–water partition coefficient (Wildman–Crippen LogP) is 4.05. The highest BCUT2D eigenvalue weighted by Gasteiger charge is 2.19. The molecule has 2 unspecified atom stereocenters. The summed E-state index contributed by atoms with van der Waals surface area (Å²) in [6, 6.07) is 4.47. The number of aromatic nitrogens is 2. The number of pyridine rings is 1. The largest absolute Gasteiger partial charge is 0.308 e. The van der Waals surface area contributed by atoms with Crippen molar-refractivity contribution in [1.82, 2.24) is 14.7 Å². The highest BCUT2D eigenvalue weighted by molar-refractivity contribution is 6.30. The average molecular weight is 292 g/mol. The molecule has 1 aliphatic carbocycles. The Labute approximate surface area is 125 Å². The minimum atomic E-state index is 0.630. The quantitative estimate of drug-likeness (QED) is 0.865. The Morgan fingerprint density at radius 2 is 2.10 bits per heavy atom. The van der Waals surface area contributed by atoms with Crippen LogP contribution in [0.2, 0.25) is 5.02 Å². The third-order valence-electron chi connectivity index (χ3n) is 4.37. The fourth-order valence-corrected chi connectivity index (χ4v) is 3.30. The summed E-state index contributed by atoms with van der Waals surface area (Å²) >= 11 is 6.00. The van der Waals surface area contributed by atoms with E-state index in [9.17, 15) is 0 Å². The minimum Gasteiger partial charge on any atom is -0.308 e. The lowest BCUT2D eigenvalue weighted by Crippen LogP contribution is -2.33. The number of nitrogens with one attached hydrogen (secondary N) is 1. The van der Waals surface area contributed by atoms with E-state index in [4.69, 9.17) is 11.6 Å². The second-order valence-electron chi connectivity index (χ2n) is 5.95. The molecule has 2 aromatic rings. The van der Waals surface area contributed by atoms with Gasteiger partial charge in [0.25, 0.3) is 0 Å². The number of hydrogen-bond acceptors (Lipinski definition) is 2. The summed E-state index contributed by atoms with van der Waals surface area (Å²) < 4.78 is 2.00. The third kappa shape index (κ3) is 3.15. The van der Waals surface area contributed by atoms with Crippen molar-refractivity contribution in [3.05, 3.63) is 35.2 Å². The van der Waals surface area contributed by atoms with Crippen LogP contribution in [0.4, 0.5) is 0 Å². The first-order valence-electron chi connectivity index (χ1n) is 7.59. The molecule has 1 N–H and O–H groups in total. The summed E-state index contributed by atoms with van der Waals surface area (Å²) in [5.74, 6) is 0.768. The molecule has 108 valence electrons. The van der Waals surface area contributed by atoms with Gasteiger partial charge in [-0.15, -0.1) is 0 Å². The summed E-state index contributed by atoms with van der Waals surface area (Å²) in [5, 5.41) is 4.44. The van der Waals surface area contributed by atoms with Gasteiger partial charge in [0.1, 0.15) is 5.65 Å². The summed E-state index contributed by atoms with van der Waals surface area (Å²) in [7, 11) is 0. The van der Waals surface area contributed by atoms with Gasteiger partial charge in [0.05, 0.1) is 10.7 Å². The van der Waals surface area contributed by atoms with Crippen molar-refractivity contribution in [1.29, 1.82) is 0 Å². The van der Waals surface area contributed by atoms with E-state index >= 15 is 0 Å². The van der Waals surface area contributed by atoms with Gasteiger partial charge in [-0.1, -0.05) is 37.8 Å². The maximum absolute atomic E-state index is 6.00. The highest BCUT2D eigenvalue weighted by atomic mass is 35.5. The number of fused-ring (bicyclic) bond motifs is 1. The van der Waals surface area contributed by atoms with Crippen LogP contribution < -0.4 is 5.32 Å². The molecule has 4 heteroatoms. The molecule has 0 aromatic carbocycles. The van der Waals surface area contributed by atoms with Gasteiger partial charge in [0.15, 0.2) is 0 Å². The zero-order chi connectivity index (χ0) is 13.9. The van der Waals surface area contributed by atoms with Gasteiger partial charge in [-0.2, -0.15) is 0 Å². The second-order valence-corrected chi connectivity index (χ2v) is 6.38. The Morgan fingerprint density at radius 1 is 1.25 bits per heavy atom. The van der Waals surface area contributed by atoms with Crippen LogP contribution in [-0.4, -0.2) is 15.4 Å². The van der Waals surface area contributed by atoms with E-state index < -0.39 is 0 Å². The monoisotopic (exact) mass is 291 g/mol. The SMILES string of the molecule is CC1CCCCCC1NCc1cn2cc(Cl)ccc2n1. The summed E-state index contributed by atoms with van der Waals surface area (Å²) in [5.41, 5.74) is 2.05. The molecule has 2 heterocycles. The zero-order valence-electron chi connectivity index (χ0n) is 12.0. The summed E-state index contributed by atoms with van der Waals surface area (Å²) in [6.45, 7) is 3.21. The lowest BCUT2D eigenvalue weighted by Gasteiger charge is -2.22. The molecule has 0 amide bonds. The fourth-order valence-electron chi connectivity index (χ4n) is 3.13. The molecule has 3 nitrogen and oxygen atoms in total. The van der Waals surface area contributed by atoms with Gasteiger partial charge in [-0.05, 0) is 30.9 Å². The fraction of sp³-hybridized carbons (Fsp3) is 0.562. The number of nitrogens with zero attached hydrogens (tertiary/aromatic N) is 2. The lowest BCUT2D eigenvalue weighted by atomic mass is 9.97. The van der Waals surface area contributed by atoms with E-state index in [1.165, 1.54) is 32.1 Å². The maximum Gasteiger partial charge on any atom is 0.137 e. The topological polar surface area (TPSA) is 29.3 Å². The van der Waals surface area contributed by atoms with Crippen LogP contribution in [-0.2, 0) is 6.54 Å². The lowest BCUT2D eigenvalue weighted by molar-refractivity contribution is 0.355. The van der Waals surface area contributed by atoms with E-state index in [1.54, 1.807) is 0 Å². The van der Waals surface area contributed by atoms with E-state index in [-0.39, 0.29) is 0 Å². The van der Waals surface area contributed by atoms with Gasteiger partial charge in [-0.3, -0.25) is 0 Å². The van der Waals surface area contributed by atoms with Crippen molar-refractivity contribution in [2.45, 2.75) is 51.6 Å². The van der Waals surface area contributed by atoms with Gasteiger partial charge < -0.3 is 9.72 Å². The molecule has 0 aliphatic heterocycles. The van der Waals surface area contributed by atoms with E-state index in [2.05, 4.69) is 23.4 Å². The van der Waals surface area contributed by atoms with Crippen LogP contribution in [0.3, 0.4) is 0 Å². The predicted molar refractivity (Wildman–Crippen MR) is 83.1 cm³/mol. The molecule has 3 rings (SSSR count). The Morgan fingerprint density at radius 3 is 3.00 bits per heavy atom. The Kier molecular flexibility index (Phi) is 4.27. The minimum absolute atomic E-state index is 0.630. The number of rotatable bonds is 3. The Hall–Kier alpha value is -1.06. The zero-order valence-corrected chi connectivity index (χ0v) is 12.7. The smallest absolute Gasteiger partial charge is 0.137 e. The number of imidazole rings is 1. The van der Waals surface area contributed by atoms with Crippen molar-refractivity contribution in [3.63, 3.8) is 0 Å². The van der Waals surface area contributed by atoms with E-state index in [1.807, 2.05) is 22.7 Å². The summed E-state index contributed by atoms with van der Waals surface area (Å²) in [6.07, 6.45) is 10.7. The first-order chi connectivity index (χ1) is 9.72. The number of halogens is 1. The van der Waals surface area contributed by atoms with Crippen LogP contribution in [0.5, 0.6) is 0 Å². The second kappa shape index (κ2) is 6.15. The molecule has 2 atom stereocenters. The normalized spacial score (nSPS) is 23.9. The van der Waals surface area contributed by atoms with Gasteiger partial charge in [0, 0.05) is 25.0 Å². The molecule has 1 saturated carbocycles. The maximum atomic E-state index is 6.00. The molecule has 2 aromatic heterocycles. The van der Waals surface area contributed by atoms with Crippen LogP contribution >= 0.6 is 11.6 Å².